The van der Waals surface area contributed by atoms with Crippen molar-refractivity contribution in [3.63, 3.8) is 0 Å². The van der Waals surface area contributed by atoms with Gasteiger partial charge in [0.05, 0.1) is 19.5 Å². The Balaban J connectivity index is 1.64. The van der Waals surface area contributed by atoms with Gasteiger partial charge in [0.2, 0.25) is 0 Å². The number of esters is 2. The molecule has 3 atom stereocenters. The minimum atomic E-state index is -1.43. The number of methoxy groups -OCH3 is 2. The van der Waals surface area contributed by atoms with Crippen LogP contribution in [0, 0.1) is 0 Å². The van der Waals surface area contributed by atoms with Crippen molar-refractivity contribution in [1.82, 2.24) is 0 Å². The van der Waals surface area contributed by atoms with E-state index in [0.29, 0.717) is 0 Å². The molecule has 0 heterocycles. The number of aliphatic hydroxyl groups is 1. The van der Waals surface area contributed by atoms with Gasteiger partial charge in [0, 0.05) is 0 Å². The van der Waals surface area contributed by atoms with E-state index in [0.717, 1.165) is 42.4 Å². The van der Waals surface area contributed by atoms with Crippen LogP contribution in [0.4, 0.5) is 0 Å². The zero-order valence-corrected chi connectivity index (χ0v) is 23.8. The van der Waals surface area contributed by atoms with Crippen molar-refractivity contribution >= 4 is 23.7 Å². The Hall–Kier alpha value is -3.09. The lowest BCUT2D eigenvalue weighted by Gasteiger charge is -2.27. The molecule has 0 aliphatic carbocycles. The monoisotopic (exact) mass is 548 g/mol. The first kappa shape index (κ1) is 30.5. The average Bonchev–Trinajstić information content (AvgIpc) is 2.99. The second-order valence-electron chi connectivity index (χ2n) is 9.64. The highest BCUT2D eigenvalue weighted by molar-refractivity contribution is 8.00. The zero-order valence-electron chi connectivity index (χ0n) is 23.0. The minimum Gasteiger partial charge on any atom is -0.468 e. The normalized spacial score (nSPS) is 13.3. The number of aliphatic hydroxyl groups excluding tert-OH is 1. The summed E-state index contributed by atoms with van der Waals surface area (Å²) in [6.07, 6.45) is 7.49. The zero-order chi connectivity index (χ0) is 27.9. The highest BCUT2D eigenvalue weighted by Gasteiger charge is 2.35. The van der Waals surface area contributed by atoms with E-state index in [2.05, 4.69) is 30.3 Å². The van der Waals surface area contributed by atoms with E-state index in [1.165, 1.54) is 57.2 Å². The Morgan fingerprint density at radius 2 is 1.23 bits per heavy atom. The third kappa shape index (κ3) is 9.55. The Labute approximate surface area is 236 Å². The summed E-state index contributed by atoms with van der Waals surface area (Å²) in [5.74, 6) is -1.16. The highest BCUT2D eigenvalue weighted by Crippen LogP contribution is 2.44. The molecule has 3 aromatic rings. The molecule has 3 rings (SSSR count). The van der Waals surface area contributed by atoms with Crippen LogP contribution in [-0.4, -0.2) is 37.4 Å². The largest absolute Gasteiger partial charge is 0.468 e. The van der Waals surface area contributed by atoms with E-state index in [1.54, 1.807) is 0 Å². The maximum Gasteiger partial charge on any atom is 0.336 e. The second kappa shape index (κ2) is 16.8. The van der Waals surface area contributed by atoms with Crippen LogP contribution in [0.2, 0.25) is 0 Å². The summed E-state index contributed by atoms with van der Waals surface area (Å²) in [5, 5.41) is 9.63. The molecule has 0 amide bonds. The van der Waals surface area contributed by atoms with Crippen molar-refractivity contribution in [3.05, 3.63) is 107 Å². The molecule has 39 heavy (non-hydrogen) atoms. The van der Waals surface area contributed by atoms with Gasteiger partial charge in [-0.15, -0.1) is 11.8 Å². The fraction of sp³-hybridized carbons (Fsp3) is 0.394. The van der Waals surface area contributed by atoms with Crippen molar-refractivity contribution in [2.24, 2.45) is 0 Å². The lowest BCUT2D eigenvalue weighted by atomic mass is 9.96. The number of rotatable bonds is 16. The molecular weight excluding hydrogens is 508 g/mol. The number of ether oxygens (including phenoxy) is 2. The summed E-state index contributed by atoms with van der Waals surface area (Å²) in [6, 6.07) is 27.8. The van der Waals surface area contributed by atoms with Gasteiger partial charge in [-0.05, 0) is 47.9 Å². The molecule has 0 saturated carbocycles. The third-order valence-corrected chi connectivity index (χ3v) is 8.44. The summed E-state index contributed by atoms with van der Waals surface area (Å²) >= 11 is 1.22. The first-order chi connectivity index (χ1) is 19.0. The van der Waals surface area contributed by atoms with Crippen LogP contribution >= 0.6 is 11.8 Å². The molecular formula is C33H40O5S. The van der Waals surface area contributed by atoms with Crippen LogP contribution in [0.3, 0.4) is 0 Å². The molecule has 3 aromatic carbocycles. The minimum absolute atomic E-state index is 0.432. The molecule has 0 fully saturated rings. The first-order valence-corrected chi connectivity index (χ1v) is 14.6. The van der Waals surface area contributed by atoms with Gasteiger partial charge in [-0.25, -0.2) is 4.79 Å². The molecule has 0 aliphatic heterocycles. The van der Waals surface area contributed by atoms with Gasteiger partial charge in [0.15, 0.2) is 6.10 Å². The summed E-state index contributed by atoms with van der Waals surface area (Å²) in [6.45, 7) is 0. The molecule has 0 saturated heterocycles. The smallest absolute Gasteiger partial charge is 0.336 e. The third-order valence-electron chi connectivity index (χ3n) is 6.90. The van der Waals surface area contributed by atoms with Crippen LogP contribution in [-0.2, 0) is 31.9 Å². The van der Waals surface area contributed by atoms with E-state index in [1.807, 2.05) is 54.6 Å². The quantitative estimate of drug-likeness (QED) is 0.153. The Morgan fingerprint density at radius 1 is 0.692 bits per heavy atom. The van der Waals surface area contributed by atoms with E-state index in [4.69, 9.17) is 9.47 Å². The van der Waals surface area contributed by atoms with Gasteiger partial charge >= 0.3 is 11.9 Å². The summed E-state index contributed by atoms with van der Waals surface area (Å²) in [7, 11) is 2.61. The van der Waals surface area contributed by atoms with Gasteiger partial charge in [-0.2, -0.15) is 0 Å². The second-order valence-corrected chi connectivity index (χ2v) is 10.9. The molecule has 0 aromatic heterocycles. The van der Waals surface area contributed by atoms with E-state index in [9.17, 15) is 14.7 Å². The standard InChI is InChI=1S/C33H40O5S/c1-37-32(35)29(34)31(39-30(33(36)38-2)27-22-13-8-14-23-27)28-24-16-15-21-26(28)20-12-6-4-3-5-9-17-25-18-10-7-11-19-25/h7-8,10-11,13-16,18-19,21-24,29-31,34H,3-6,9,12,17,20H2,1-2H3/t29-,30?,31-/m1/s1. The van der Waals surface area contributed by atoms with Crippen LogP contribution < -0.4 is 0 Å². The topological polar surface area (TPSA) is 72.8 Å². The predicted molar refractivity (Wildman–Crippen MR) is 158 cm³/mol. The van der Waals surface area contributed by atoms with Crippen LogP contribution in [0.5, 0.6) is 0 Å². The predicted octanol–water partition coefficient (Wildman–Crippen LogP) is 7.03. The molecule has 0 bridgehead atoms. The fourth-order valence-electron chi connectivity index (χ4n) is 4.75. The molecule has 1 N–H and O–H groups in total. The van der Waals surface area contributed by atoms with E-state index >= 15 is 0 Å². The number of benzene rings is 3. The lowest BCUT2D eigenvalue weighted by molar-refractivity contribution is -0.150. The maximum atomic E-state index is 12.8. The van der Waals surface area contributed by atoms with Gasteiger partial charge in [-0.3, -0.25) is 4.79 Å². The lowest BCUT2D eigenvalue weighted by Crippen LogP contribution is -2.29. The molecule has 6 heteroatoms. The van der Waals surface area contributed by atoms with E-state index in [-0.39, 0.29) is 0 Å². The van der Waals surface area contributed by atoms with Crippen LogP contribution in [0.15, 0.2) is 84.9 Å². The number of unbranched alkanes of at least 4 members (excludes halogenated alkanes) is 5. The van der Waals surface area contributed by atoms with Gasteiger partial charge in [-0.1, -0.05) is 111 Å². The summed E-state index contributed by atoms with van der Waals surface area (Å²) in [5.41, 5.74) is 4.06. The number of hydrogen-bond acceptors (Lipinski definition) is 6. The molecule has 0 aliphatic rings. The summed E-state index contributed by atoms with van der Waals surface area (Å²) < 4.78 is 9.97. The highest BCUT2D eigenvalue weighted by atomic mass is 32.2. The van der Waals surface area contributed by atoms with E-state index < -0.39 is 28.5 Å². The molecule has 5 nitrogen and oxygen atoms in total. The van der Waals surface area contributed by atoms with Crippen molar-refractivity contribution in [3.8, 4) is 0 Å². The van der Waals surface area contributed by atoms with Gasteiger partial charge in [0.25, 0.3) is 0 Å². The Morgan fingerprint density at radius 3 is 1.87 bits per heavy atom. The average molecular weight is 549 g/mol. The number of carbonyl (C=O) groups excluding carboxylic acids is 2. The maximum absolute atomic E-state index is 12.8. The van der Waals surface area contributed by atoms with Crippen molar-refractivity contribution in [2.75, 3.05) is 14.2 Å². The fourth-order valence-corrected chi connectivity index (χ4v) is 6.20. The van der Waals surface area contributed by atoms with Crippen molar-refractivity contribution in [2.45, 2.75) is 68.0 Å². The number of thioether (sulfide) groups is 1. The van der Waals surface area contributed by atoms with Crippen molar-refractivity contribution in [1.29, 1.82) is 0 Å². The van der Waals surface area contributed by atoms with Crippen LogP contribution in [0.25, 0.3) is 0 Å². The Kier molecular flexibility index (Phi) is 13.1. The Bertz CT molecular complexity index is 1140. The summed E-state index contributed by atoms with van der Waals surface area (Å²) in [4.78, 5) is 25.3. The first-order valence-electron chi connectivity index (χ1n) is 13.7. The number of carbonyl (C=O) groups is 2. The molecule has 1 unspecified atom stereocenters. The van der Waals surface area contributed by atoms with Gasteiger partial charge in [0.1, 0.15) is 5.25 Å². The van der Waals surface area contributed by atoms with Crippen LogP contribution in [0.1, 0.15) is 71.3 Å². The molecule has 0 spiro atoms. The molecule has 0 radical (unpaired) electrons. The van der Waals surface area contributed by atoms with Gasteiger partial charge < -0.3 is 14.6 Å². The number of aryl methyl sites for hydroxylation is 2. The SMILES string of the molecule is COC(=O)C(S[C@H](c1ccccc1CCCCCCCCc1ccccc1)[C@@H](O)C(=O)OC)c1ccccc1. The number of hydrogen-bond donors (Lipinski definition) is 1. The van der Waals surface area contributed by atoms with Crippen molar-refractivity contribution < 1.29 is 24.2 Å². The molecule has 208 valence electrons.